The number of nitrogens with zero attached hydrogens (tertiary/aromatic N) is 3. The summed E-state index contributed by atoms with van der Waals surface area (Å²) in [6, 6.07) is 11.2. The monoisotopic (exact) mass is 498 g/mol. The van der Waals surface area contributed by atoms with Gasteiger partial charge in [0.15, 0.2) is 0 Å². The second-order valence-corrected chi connectivity index (χ2v) is 10.3. The molecule has 0 aliphatic carbocycles. The quantitative estimate of drug-likeness (QED) is 0.506. The van der Waals surface area contributed by atoms with Crippen LogP contribution in [0.5, 0.6) is 11.5 Å². The van der Waals surface area contributed by atoms with E-state index in [1.165, 1.54) is 23.5 Å². The molecule has 35 heavy (non-hydrogen) atoms. The molecular formula is C25H30N4O5S. The van der Waals surface area contributed by atoms with Crippen molar-refractivity contribution in [1.29, 1.82) is 0 Å². The van der Waals surface area contributed by atoms with Crippen molar-refractivity contribution < 1.29 is 22.7 Å². The molecule has 0 spiro atoms. The Bertz CT molecular complexity index is 1260. The number of aryl methyl sites for hydroxylation is 1. The maximum Gasteiger partial charge on any atom is 0.255 e. The van der Waals surface area contributed by atoms with E-state index in [0.29, 0.717) is 42.4 Å². The SMILES string of the molecule is COc1ccc(S(=O)(=O)N2CCCCCC2)cc1NC(=O)c1ccc(OCc2nccn2C)cc1. The molecule has 1 N–H and O–H groups in total. The van der Waals surface area contributed by atoms with Crippen molar-refractivity contribution >= 4 is 21.6 Å². The molecule has 1 amide bonds. The molecule has 0 saturated carbocycles. The molecule has 0 unspecified atom stereocenters. The minimum atomic E-state index is -3.66. The largest absolute Gasteiger partial charge is 0.495 e. The Labute approximate surface area is 205 Å². The number of methoxy groups -OCH3 is 1. The average molecular weight is 499 g/mol. The van der Waals surface area contributed by atoms with Crippen molar-refractivity contribution in [3.8, 4) is 11.5 Å². The lowest BCUT2D eigenvalue weighted by molar-refractivity contribution is 0.102. The van der Waals surface area contributed by atoms with Crippen LogP contribution in [0, 0.1) is 0 Å². The summed E-state index contributed by atoms with van der Waals surface area (Å²) < 4.78 is 40.9. The van der Waals surface area contributed by atoms with Gasteiger partial charge in [-0.1, -0.05) is 12.8 Å². The Morgan fingerprint density at radius 1 is 1.06 bits per heavy atom. The number of carbonyl (C=O) groups excluding carboxylic acids is 1. The summed E-state index contributed by atoms with van der Waals surface area (Å²) in [5.74, 6) is 1.38. The molecule has 186 valence electrons. The van der Waals surface area contributed by atoms with E-state index in [2.05, 4.69) is 10.3 Å². The van der Waals surface area contributed by atoms with Crippen LogP contribution in [-0.2, 0) is 23.7 Å². The van der Waals surface area contributed by atoms with Gasteiger partial charge in [0, 0.05) is 38.1 Å². The zero-order chi connectivity index (χ0) is 24.8. The number of anilines is 1. The second kappa shape index (κ2) is 10.9. The molecule has 3 aromatic rings. The fourth-order valence-electron chi connectivity index (χ4n) is 3.96. The lowest BCUT2D eigenvalue weighted by Gasteiger charge is -2.21. The maximum atomic E-state index is 13.2. The third-order valence-corrected chi connectivity index (χ3v) is 7.92. The summed E-state index contributed by atoms with van der Waals surface area (Å²) in [5.41, 5.74) is 0.695. The van der Waals surface area contributed by atoms with Crippen LogP contribution in [0.4, 0.5) is 5.69 Å². The zero-order valence-electron chi connectivity index (χ0n) is 19.9. The number of rotatable bonds is 8. The third-order valence-electron chi connectivity index (χ3n) is 6.03. The predicted octanol–water partition coefficient (Wildman–Crippen LogP) is 3.82. The van der Waals surface area contributed by atoms with Crippen LogP contribution >= 0.6 is 0 Å². The van der Waals surface area contributed by atoms with Gasteiger partial charge < -0.3 is 19.4 Å². The molecule has 1 aliphatic rings. The Hall–Kier alpha value is -3.37. The van der Waals surface area contributed by atoms with Crippen LogP contribution in [0.15, 0.2) is 59.8 Å². The zero-order valence-corrected chi connectivity index (χ0v) is 20.8. The molecule has 1 fully saturated rings. The van der Waals surface area contributed by atoms with Crippen molar-refractivity contribution in [2.24, 2.45) is 7.05 Å². The highest BCUT2D eigenvalue weighted by molar-refractivity contribution is 7.89. The highest BCUT2D eigenvalue weighted by Gasteiger charge is 2.26. The van der Waals surface area contributed by atoms with Crippen LogP contribution < -0.4 is 14.8 Å². The Kier molecular flexibility index (Phi) is 7.72. The van der Waals surface area contributed by atoms with Gasteiger partial charge in [0.2, 0.25) is 10.0 Å². The van der Waals surface area contributed by atoms with E-state index in [-0.39, 0.29) is 10.8 Å². The van der Waals surface area contributed by atoms with Crippen molar-refractivity contribution in [2.45, 2.75) is 37.2 Å². The summed E-state index contributed by atoms with van der Waals surface area (Å²) in [5, 5.41) is 2.79. The van der Waals surface area contributed by atoms with E-state index in [0.717, 1.165) is 31.5 Å². The number of amides is 1. The fraction of sp³-hybridized carbons (Fsp3) is 0.360. The van der Waals surface area contributed by atoms with Crippen LogP contribution in [-0.4, -0.2) is 48.4 Å². The number of ether oxygens (including phenoxy) is 2. The van der Waals surface area contributed by atoms with Gasteiger partial charge in [0.25, 0.3) is 5.91 Å². The van der Waals surface area contributed by atoms with E-state index in [4.69, 9.17) is 9.47 Å². The number of aromatic nitrogens is 2. The van der Waals surface area contributed by atoms with Crippen LogP contribution in [0.2, 0.25) is 0 Å². The van der Waals surface area contributed by atoms with Gasteiger partial charge in [0.1, 0.15) is 23.9 Å². The van der Waals surface area contributed by atoms with E-state index in [1.807, 2.05) is 17.8 Å². The Morgan fingerprint density at radius 2 is 1.77 bits per heavy atom. The van der Waals surface area contributed by atoms with E-state index < -0.39 is 10.0 Å². The highest BCUT2D eigenvalue weighted by Crippen LogP contribution is 2.30. The number of carbonyl (C=O) groups is 1. The molecule has 1 saturated heterocycles. The molecule has 0 bridgehead atoms. The van der Waals surface area contributed by atoms with Crippen LogP contribution in [0.3, 0.4) is 0 Å². The van der Waals surface area contributed by atoms with Crippen molar-refractivity contribution in [2.75, 3.05) is 25.5 Å². The summed E-state index contributed by atoms with van der Waals surface area (Å²) in [6.07, 6.45) is 7.30. The third kappa shape index (κ3) is 5.83. The Balaban J connectivity index is 1.47. The first-order valence-electron chi connectivity index (χ1n) is 11.6. The molecule has 10 heteroatoms. The molecular weight excluding hydrogens is 468 g/mol. The average Bonchev–Trinajstić information content (AvgIpc) is 3.08. The van der Waals surface area contributed by atoms with Gasteiger partial charge in [-0.2, -0.15) is 4.31 Å². The first-order valence-corrected chi connectivity index (χ1v) is 13.0. The molecule has 9 nitrogen and oxygen atoms in total. The van der Waals surface area contributed by atoms with Gasteiger partial charge >= 0.3 is 0 Å². The van der Waals surface area contributed by atoms with Gasteiger partial charge in [-0.25, -0.2) is 13.4 Å². The highest BCUT2D eigenvalue weighted by atomic mass is 32.2. The van der Waals surface area contributed by atoms with Crippen molar-refractivity contribution in [1.82, 2.24) is 13.9 Å². The van der Waals surface area contributed by atoms with E-state index in [9.17, 15) is 13.2 Å². The summed E-state index contributed by atoms with van der Waals surface area (Å²) in [6.45, 7) is 1.32. The van der Waals surface area contributed by atoms with Crippen molar-refractivity contribution in [3.63, 3.8) is 0 Å². The van der Waals surface area contributed by atoms with Gasteiger partial charge in [0.05, 0.1) is 17.7 Å². The lowest BCUT2D eigenvalue weighted by atomic mass is 10.2. The number of benzene rings is 2. The van der Waals surface area contributed by atoms with Crippen molar-refractivity contribution in [3.05, 3.63) is 66.2 Å². The minimum Gasteiger partial charge on any atom is -0.495 e. The lowest BCUT2D eigenvalue weighted by Crippen LogP contribution is -2.32. The summed E-state index contributed by atoms with van der Waals surface area (Å²) in [4.78, 5) is 17.3. The summed E-state index contributed by atoms with van der Waals surface area (Å²) in [7, 11) is -0.300. The summed E-state index contributed by atoms with van der Waals surface area (Å²) >= 11 is 0. The molecule has 1 aromatic heterocycles. The molecule has 2 heterocycles. The van der Waals surface area contributed by atoms with Crippen LogP contribution in [0.1, 0.15) is 41.9 Å². The maximum absolute atomic E-state index is 13.2. The predicted molar refractivity (Wildman–Crippen MR) is 132 cm³/mol. The topological polar surface area (TPSA) is 103 Å². The fourth-order valence-corrected chi connectivity index (χ4v) is 5.50. The van der Waals surface area contributed by atoms with Gasteiger partial charge in [-0.3, -0.25) is 4.79 Å². The first-order chi connectivity index (χ1) is 16.9. The normalized spacial score (nSPS) is 14.8. The first kappa shape index (κ1) is 24.7. The number of hydrogen-bond donors (Lipinski definition) is 1. The van der Waals surface area contributed by atoms with E-state index in [1.54, 1.807) is 36.5 Å². The van der Waals surface area contributed by atoms with Gasteiger partial charge in [-0.15, -0.1) is 0 Å². The van der Waals surface area contributed by atoms with Gasteiger partial charge in [-0.05, 0) is 55.3 Å². The van der Waals surface area contributed by atoms with Crippen LogP contribution in [0.25, 0.3) is 0 Å². The molecule has 0 radical (unpaired) electrons. The minimum absolute atomic E-state index is 0.133. The Morgan fingerprint density at radius 3 is 2.40 bits per heavy atom. The molecule has 2 aromatic carbocycles. The number of sulfonamides is 1. The molecule has 4 rings (SSSR count). The molecule has 0 atom stereocenters. The number of hydrogen-bond acceptors (Lipinski definition) is 6. The second-order valence-electron chi connectivity index (χ2n) is 8.40. The number of imidazole rings is 1. The molecule has 1 aliphatic heterocycles. The van der Waals surface area contributed by atoms with E-state index >= 15 is 0 Å². The standard InChI is InChI=1S/C25H30N4O5S/c1-28-16-13-26-24(28)18-34-20-9-7-19(8-10-20)25(30)27-22-17-21(11-12-23(22)33-2)35(31,32)29-14-5-3-4-6-15-29/h7-13,16-17H,3-6,14-15,18H2,1-2H3,(H,27,30). The number of nitrogens with one attached hydrogen (secondary N) is 1. The smallest absolute Gasteiger partial charge is 0.255 e.